The number of non-ortho nitro benzene ring substituents is 1. The summed E-state index contributed by atoms with van der Waals surface area (Å²) in [4.78, 5) is 27.4. The third kappa shape index (κ3) is 3.18. The molecule has 5 nitrogen and oxygen atoms in total. The maximum Gasteiger partial charge on any atom is 0.269 e. The molecule has 5 heteroatoms. The number of ketones is 1. The molecule has 0 saturated carbocycles. The number of carbonyl (C=O) groups excluding carboxylic acids is 1. The van der Waals surface area contributed by atoms with Crippen molar-refractivity contribution in [2.45, 2.75) is 0 Å². The predicted octanol–water partition coefficient (Wildman–Crippen LogP) is 5.49. The summed E-state index contributed by atoms with van der Waals surface area (Å²) in [5, 5.41) is 14.4. The molecule has 4 aromatic carbocycles. The SMILES string of the molecule is O=C(C=Nc1ccc([N+](=O)[O-])cc1)c1c2ccccc2cc2ccccc12. The van der Waals surface area contributed by atoms with Crippen molar-refractivity contribution in [3.8, 4) is 0 Å². The first-order chi connectivity index (χ1) is 13.1. The summed E-state index contributed by atoms with van der Waals surface area (Å²) in [6, 6.07) is 23.3. The van der Waals surface area contributed by atoms with E-state index in [9.17, 15) is 14.9 Å². The first kappa shape index (κ1) is 16.6. The lowest BCUT2D eigenvalue weighted by Crippen LogP contribution is -2.02. The lowest BCUT2D eigenvalue weighted by molar-refractivity contribution is -0.384. The minimum atomic E-state index is -0.471. The molecule has 0 spiro atoms. The van der Waals surface area contributed by atoms with Gasteiger partial charge in [-0.05, 0) is 39.7 Å². The largest absolute Gasteiger partial charge is 0.288 e. The molecule has 0 heterocycles. The highest BCUT2D eigenvalue weighted by Gasteiger charge is 2.13. The molecular formula is C22H14N2O3. The molecule has 0 aliphatic heterocycles. The Morgan fingerprint density at radius 3 is 1.96 bits per heavy atom. The van der Waals surface area contributed by atoms with Crippen LogP contribution in [0.15, 0.2) is 83.9 Å². The first-order valence-electron chi connectivity index (χ1n) is 8.37. The van der Waals surface area contributed by atoms with E-state index >= 15 is 0 Å². The molecule has 4 rings (SSSR count). The lowest BCUT2D eigenvalue weighted by Gasteiger charge is -2.08. The van der Waals surface area contributed by atoms with Gasteiger partial charge in [-0.25, -0.2) is 0 Å². The Balaban J connectivity index is 1.78. The van der Waals surface area contributed by atoms with E-state index in [-0.39, 0.29) is 11.5 Å². The van der Waals surface area contributed by atoms with Gasteiger partial charge in [-0.1, -0.05) is 48.5 Å². The monoisotopic (exact) mass is 354 g/mol. The Morgan fingerprint density at radius 2 is 1.41 bits per heavy atom. The average molecular weight is 354 g/mol. The zero-order valence-corrected chi connectivity index (χ0v) is 14.2. The number of nitro benzene ring substituents is 1. The van der Waals surface area contributed by atoms with Crippen LogP contribution in [0.5, 0.6) is 0 Å². The summed E-state index contributed by atoms with van der Waals surface area (Å²) in [5.74, 6) is -0.207. The van der Waals surface area contributed by atoms with E-state index in [1.807, 2.05) is 48.5 Å². The fourth-order valence-electron chi connectivity index (χ4n) is 3.14. The summed E-state index contributed by atoms with van der Waals surface area (Å²) >= 11 is 0. The van der Waals surface area contributed by atoms with E-state index in [0.717, 1.165) is 21.5 Å². The molecule has 0 atom stereocenters. The van der Waals surface area contributed by atoms with Gasteiger partial charge in [-0.15, -0.1) is 0 Å². The zero-order chi connectivity index (χ0) is 18.8. The van der Waals surface area contributed by atoms with E-state index in [1.54, 1.807) is 0 Å². The van der Waals surface area contributed by atoms with Crippen LogP contribution in [-0.2, 0) is 0 Å². The van der Waals surface area contributed by atoms with Crippen LogP contribution < -0.4 is 0 Å². The van der Waals surface area contributed by atoms with Crippen molar-refractivity contribution < 1.29 is 9.72 Å². The molecular weight excluding hydrogens is 340 g/mol. The summed E-state index contributed by atoms with van der Waals surface area (Å²) < 4.78 is 0. The van der Waals surface area contributed by atoms with Crippen molar-refractivity contribution in [2.75, 3.05) is 0 Å². The van der Waals surface area contributed by atoms with Crippen LogP contribution in [0.25, 0.3) is 21.5 Å². The number of carbonyl (C=O) groups is 1. The number of Topliss-reactive ketones (excluding diaryl/α,β-unsaturated/α-hetero) is 1. The molecule has 0 unspecified atom stereocenters. The molecule has 0 bridgehead atoms. The van der Waals surface area contributed by atoms with Crippen molar-refractivity contribution in [1.29, 1.82) is 0 Å². The van der Waals surface area contributed by atoms with E-state index < -0.39 is 4.92 Å². The minimum Gasteiger partial charge on any atom is -0.288 e. The number of benzene rings is 4. The highest BCUT2D eigenvalue weighted by molar-refractivity contribution is 6.41. The first-order valence-corrected chi connectivity index (χ1v) is 8.37. The molecule has 0 aliphatic carbocycles. The maximum atomic E-state index is 13.0. The van der Waals surface area contributed by atoms with E-state index in [1.165, 1.54) is 30.5 Å². The van der Waals surface area contributed by atoms with Crippen LogP contribution in [0.2, 0.25) is 0 Å². The molecule has 0 fully saturated rings. The zero-order valence-electron chi connectivity index (χ0n) is 14.2. The van der Waals surface area contributed by atoms with Crippen molar-refractivity contribution in [3.63, 3.8) is 0 Å². The fourth-order valence-corrected chi connectivity index (χ4v) is 3.14. The smallest absolute Gasteiger partial charge is 0.269 e. The number of nitrogens with zero attached hydrogens (tertiary/aromatic N) is 2. The van der Waals surface area contributed by atoms with Crippen molar-refractivity contribution in [3.05, 3.63) is 94.5 Å². The van der Waals surface area contributed by atoms with E-state index in [0.29, 0.717) is 11.3 Å². The van der Waals surface area contributed by atoms with Crippen LogP contribution >= 0.6 is 0 Å². The molecule has 0 N–H and O–H groups in total. The molecule has 0 radical (unpaired) electrons. The van der Waals surface area contributed by atoms with Gasteiger partial charge in [0.15, 0.2) is 0 Å². The average Bonchev–Trinajstić information content (AvgIpc) is 2.70. The summed E-state index contributed by atoms with van der Waals surface area (Å²) in [7, 11) is 0. The molecule has 130 valence electrons. The molecule has 27 heavy (non-hydrogen) atoms. The Bertz CT molecular complexity index is 1160. The molecule has 4 aromatic rings. The topological polar surface area (TPSA) is 72.6 Å². The van der Waals surface area contributed by atoms with E-state index in [2.05, 4.69) is 11.1 Å². The van der Waals surface area contributed by atoms with Gasteiger partial charge in [-0.2, -0.15) is 0 Å². The second kappa shape index (κ2) is 6.80. The van der Waals surface area contributed by atoms with Crippen LogP contribution in [0.3, 0.4) is 0 Å². The normalized spacial score (nSPS) is 11.3. The Labute approximate surface area is 154 Å². The fraction of sp³-hybridized carbons (Fsp3) is 0. The number of nitro groups is 1. The number of aliphatic imine (C=N–C) groups is 1. The third-order valence-electron chi connectivity index (χ3n) is 4.41. The summed E-state index contributed by atoms with van der Waals surface area (Å²) in [6.45, 7) is 0. The van der Waals surface area contributed by atoms with Gasteiger partial charge >= 0.3 is 0 Å². The Kier molecular flexibility index (Phi) is 4.18. The number of rotatable bonds is 4. The van der Waals surface area contributed by atoms with Gasteiger partial charge in [-0.3, -0.25) is 19.9 Å². The summed E-state index contributed by atoms with van der Waals surface area (Å²) in [5.41, 5.74) is 1.08. The van der Waals surface area contributed by atoms with Crippen LogP contribution in [0.4, 0.5) is 11.4 Å². The summed E-state index contributed by atoms with van der Waals surface area (Å²) in [6.07, 6.45) is 1.27. The standard InChI is InChI=1S/C22H14N2O3/c25-21(14-23-17-9-11-18(12-10-17)24(26)27)22-19-7-3-1-5-15(19)13-16-6-2-4-8-20(16)22/h1-14H. The van der Waals surface area contributed by atoms with Gasteiger partial charge < -0.3 is 0 Å². The van der Waals surface area contributed by atoms with Crippen molar-refractivity contribution >= 4 is 44.9 Å². The highest BCUT2D eigenvalue weighted by atomic mass is 16.6. The maximum absolute atomic E-state index is 13.0. The van der Waals surface area contributed by atoms with Gasteiger partial charge in [0.2, 0.25) is 5.78 Å². The number of hydrogen-bond donors (Lipinski definition) is 0. The third-order valence-corrected chi connectivity index (χ3v) is 4.41. The van der Waals surface area contributed by atoms with Crippen LogP contribution in [0.1, 0.15) is 10.4 Å². The highest BCUT2D eigenvalue weighted by Crippen LogP contribution is 2.28. The van der Waals surface area contributed by atoms with Crippen LogP contribution in [0, 0.1) is 10.1 Å². The number of hydrogen-bond acceptors (Lipinski definition) is 4. The van der Waals surface area contributed by atoms with Gasteiger partial charge in [0.25, 0.3) is 5.69 Å². The van der Waals surface area contributed by atoms with Crippen molar-refractivity contribution in [1.82, 2.24) is 0 Å². The number of fused-ring (bicyclic) bond motifs is 2. The predicted molar refractivity (Wildman–Crippen MR) is 107 cm³/mol. The lowest BCUT2D eigenvalue weighted by atomic mass is 9.94. The Morgan fingerprint density at radius 1 is 0.852 bits per heavy atom. The van der Waals surface area contributed by atoms with Gasteiger partial charge in [0.1, 0.15) is 0 Å². The second-order valence-electron chi connectivity index (χ2n) is 6.09. The van der Waals surface area contributed by atoms with E-state index in [4.69, 9.17) is 0 Å². The second-order valence-corrected chi connectivity index (χ2v) is 6.09. The molecule has 0 saturated heterocycles. The van der Waals surface area contributed by atoms with Gasteiger partial charge in [0, 0.05) is 17.7 Å². The molecule has 0 aromatic heterocycles. The Hall–Kier alpha value is -3.86. The molecule has 0 amide bonds. The van der Waals surface area contributed by atoms with Crippen molar-refractivity contribution in [2.24, 2.45) is 4.99 Å². The van der Waals surface area contributed by atoms with Gasteiger partial charge in [0.05, 0.1) is 16.8 Å². The quantitative estimate of drug-likeness (QED) is 0.160. The van der Waals surface area contributed by atoms with Crippen LogP contribution in [-0.4, -0.2) is 16.9 Å². The minimum absolute atomic E-state index is 0.0136. The molecule has 0 aliphatic rings.